The minimum atomic E-state index is 0.178. The van der Waals surface area contributed by atoms with Crippen molar-refractivity contribution in [2.45, 2.75) is 25.8 Å². The topological polar surface area (TPSA) is 36.7 Å². The zero-order valence-electron chi connectivity index (χ0n) is 15.1. The lowest BCUT2D eigenvalue weighted by atomic mass is 9.77. The monoisotopic (exact) mass is 350 g/mol. The molecule has 4 nitrogen and oxygen atoms in total. The molecule has 0 aliphatic carbocycles. The predicted octanol–water partition coefficient (Wildman–Crippen LogP) is 3.81. The summed E-state index contributed by atoms with van der Waals surface area (Å²) in [5.74, 6) is 1.33. The first kappa shape index (κ1) is 17.1. The number of hydrogen-bond acceptors (Lipinski definition) is 3. The van der Waals surface area contributed by atoms with Gasteiger partial charge in [0.25, 0.3) is 0 Å². The van der Waals surface area contributed by atoms with E-state index in [9.17, 15) is 4.79 Å². The molecular formula is C22H26N2O2. The van der Waals surface area contributed by atoms with Gasteiger partial charge in [-0.2, -0.15) is 0 Å². The summed E-state index contributed by atoms with van der Waals surface area (Å²) in [6.07, 6.45) is 8.84. The van der Waals surface area contributed by atoms with Gasteiger partial charge in [-0.05, 0) is 49.0 Å². The van der Waals surface area contributed by atoms with Crippen LogP contribution in [0.1, 0.15) is 30.6 Å². The van der Waals surface area contributed by atoms with Gasteiger partial charge in [0.05, 0.1) is 12.8 Å². The van der Waals surface area contributed by atoms with E-state index >= 15 is 0 Å². The van der Waals surface area contributed by atoms with Crippen molar-refractivity contribution in [3.05, 3.63) is 66.1 Å². The number of furan rings is 1. The van der Waals surface area contributed by atoms with Crippen LogP contribution in [0.2, 0.25) is 0 Å². The molecule has 4 heteroatoms. The lowest BCUT2D eigenvalue weighted by Gasteiger charge is -2.38. The van der Waals surface area contributed by atoms with Gasteiger partial charge in [-0.15, -0.1) is 0 Å². The number of nitrogens with zero attached hydrogens (tertiary/aromatic N) is 2. The van der Waals surface area contributed by atoms with E-state index in [1.54, 1.807) is 6.26 Å². The molecular weight excluding hydrogens is 324 g/mol. The van der Waals surface area contributed by atoms with E-state index in [2.05, 4.69) is 29.2 Å². The molecule has 1 amide bonds. The first-order chi connectivity index (χ1) is 12.7. The molecule has 136 valence electrons. The molecule has 2 fully saturated rings. The highest BCUT2D eigenvalue weighted by Crippen LogP contribution is 2.41. The molecule has 0 atom stereocenters. The van der Waals surface area contributed by atoms with Gasteiger partial charge < -0.3 is 9.32 Å². The lowest BCUT2D eigenvalue weighted by molar-refractivity contribution is -0.127. The van der Waals surface area contributed by atoms with Crippen LogP contribution in [0.25, 0.3) is 6.08 Å². The lowest BCUT2D eigenvalue weighted by Crippen LogP contribution is -2.41. The second-order valence-electron chi connectivity index (χ2n) is 7.62. The molecule has 0 unspecified atom stereocenters. The Morgan fingerprint density at radius 1 is 1.08 bits per heavy atom. The van der Waals surface area contributed by atoms with Crippen LogP contribution in [0.4, 0.5) is 0 Å². The standard InChI is InChI=1S/C22H26N2O2/c25-21-16-22(10-13-23(14-11-22)17-20-9-5-15-26-20)18-24(21)12-4-8-19-6-2-1-3-7-19/h1-9,15H,10-14,16-18H2/b8-4+. The molecule has 1 aromatic carbocycles. The molecule has 0 N–H and O–H groups in total. The summed E-state index contributed by atoms with van der Waals surface area (Å²) in [6.45, 7) is 4.58. The maximum absolute atomic E-state index is 12.5. The number of likely N-dealkylation sites (tertiary alicyclic amines) is 2. The number of piperidine rings is 1. The first-order valence-electron chi connectivity index (χ1n) is 9.47. The van der Waals surface area contributed by atoms with Crippen LogP contribution in [-0.2, 0) is 11.3 Å². The highest BCUT2D eigenvalue weighted by atomic mass is 16.3. The van der Waals surface area contributed by atoms with Crippen LogP contribution < -0.4 is 0 Å². The Hall–Kier alpha value is -2.33. The molecule has 3 heterocycles. The summed E-state index contributed by atoms with van der Waals surface area (Å²) in [6, 6.07) is 14.2. The SMILES string of the molecule is O=C1CC2(CCN(Cc3ccco3)CC2)CN1C/C=C/c1ccccc1. The molecule has 26 heavy (non-hydrogen) atoms. The molecule has 1 aromatic heterocycles. The molecule has 0 saturated carbocycles. The summed E-state index contributed by atoms with van der Waals surface area (Å²) in [5.41, 5.74) is 1.36. The minimum Gasteiger partial charge on any atom is -0.468 e. The number of amides is 1. The zero-order chi connectivity index (χ0) is 17.8. The Morgan fingerprint density at radius 2 is 1.88 bits per heavy atom. The Bertz CT molecular complexity index is 744. The van der Waals surface area contributed by atoms with Gasteiger partial charge in [0.2, 0.25) is 5.91 Å². The molecule has 0 radical (unpaired) electrons. The van der Waals surface area contributed by atoms with E-state index < -0.39 is 0 Å². The van der Waals surface area contributed by atoms with Crippen molar-refractivity contribution in [3.8, 4) is 0 Å². The number of benzene rings is 1. The zero-order valence-corrected chi connectivity index (χ0v) is 15.1. The van der Waals surface area contributed by atoms with E-state index in [0.29, 0.717) is 18.9 Å². The van der Waals surface area contributed by atoms with Crippen LogP contribution in [-0.4, -0.2) is 41.9 Å². The predicted molar refractivity (Wildman–Crippen MR) is 102 cm³/mol. The molecule has 2 aliphatic rings. The first-order valence-corrected chi connectivity index (χ1v) is 9.47. The highest BCUT2D eigenvalue weighted by molar-refractivity contribution is 5.79. The van der Waals surface area contributed by atoms with Crippen molar-refractivity contribution in [1.82, 2.24) is 9.80 Å². The third kappa shape index (κ3) is 3.91. The highest BCUT2D eigenvalue weighted by Gasteiger charge is 2.44. The average molecular weight is 350 g/mol. The summed E-state index contributed by atoms with van der Waals surface area (Å²) < 4.78 is 5.46. The fourth-order valence-corrected chi connectivity index (χ4v) is 4.17. The number of carbonyl (C=O) groups is 1. The summed E-state index contributed by atoms with van der Waals surface area (Å²) in [7, 11) is 0. The summed E-state index contributed by atoms with van der Waals surface area (Å²) in [5, 5.41) is 0. The van der Waals surface area contributed by atoms with Crippen molar-refractivity contribution in [2.24, 2.45) is 5.41 Å². The van der Waals surface area contributed by atoms with Crippen LogP contribution in [0.3, 0.4) is 0 Å². The molecule has 2 aliphatic heterocycles. The Labute approximate surface area is 155 Å². The fraction of sp³-hybridized carbons (Fsp3) is 0.409. The van der Waals surface area contributed by atoms with Crippen LogP contribution in [0.15, 0.2) is 59.2 Å². The molecule has 2 saturated heterocycles. The molecule has 4 rings (SSSR count). The van der Waals surface area contributed by atoms with Gasteiger partial charge in [0.1, 0.15) is 5.76 Å². The van der Waals surface area contributed by atoms with Gasteiger partial charge in [-0.3, -0.25) is 9.69 Å². The normalized spacial score (nSPS) is 20.5. The van der Waals surface area contributed by atoms with Crippen LogP contribution in [0, 0.1) is 5.41 Å². The van der Waals surface area contributed by atoms with Gasteiger partial charge in [-0.25, -0.2) is 0 Å². The van der Waals surface area contributed by atoms with E-state index in [1.165, 1.54) is 5.56 Å². The van der Waals surface area contributed by atoms with Gasteiger partial charge >= 0.3 is 0 Å². The second kappa shape index (κ2) is 7.50. The van der Waals surface area contributed by atoms with Crippen molar-refractivity contribution >= 4 is 12.0 Å². The third-order valence-corrected chi connectivity index (χ3v) is 5.72. The fourth-order valence-electron chi connectivity index (χ4n) is 4.17. The van der Waals surface area contributed by atoms with E-state index in [-0.39, 0.29) is 5.41 Å². The number of hydrogen-bond donors (Lipinski definition) is 0. The Morgan fingerprint density at radius 3 is 2.62 bits per heavy atom. The Balaban J connectivity index is 1.29. The van der Waals surface area contributed by atoms with Gasteiger partial charge in [0, 0.05) is 19.5 Å². The summed E-state index contributed by atoms with van der Waals surface area (Å²) in [4.78, 5) is 17.0. The number of carbonyl (C=O) groups excluding carboxylic acids is 1. The smallest absolute Gasteiger partial charge is 0.223 e. The van der Waals surface area contributed by atoms with E-state index in [0.717, 1.165) is 44.8 Å². The van der Waals surface area contributed by atoms with E-state index in [4.69, 9.17) is 4.42 Å². The molecule has 2 aromatic rings. The number of rotatable bonds is 5. The minimum absolute atomic E-state index is 0.178. The summed E-state index contributed by atoms with van der Waals surface area (Å²) >= 11 is 0. The maximum atomic E-state index is 12.5. The maximum Gasteiger partial charge on any atom is 0.223 e. The van der Waals surface area contributed by atoms with Crippen molar-refractivity contribution in [2.75, 3.05) is 26.2 Å². The largest absolute Gasteiger partial charge is 0.468 e. The second-order valence-corrected chi connectivity index (χ2v) is 7.62. The Kier molecular flexibility index (Phi) is 4.93. The van der Waals surface area contributed by atoms with Crippen LogP contribution >= 0.6 is 0 Å². The average Bonchev–Trinajstić information content (AvgIpc) is 3.27. The van der Waals surface area contributed by atoms with Gasteiger partial charge in [-0.1, -0.05) is 42.5 Å². The molecule has 1 spiro atoms. The van der Waals surface area contributed by atoms with Crippen LogP contribution in [0.5, 0.6) is 0 Å². The van der Waals surface area contributed by atoms with Crippen molar-refractivity contribution in [1.29, 1.82) is 0 Å². The van der Waals surface area contributed by atoms with Crippen molar-refractivity contribution in [3.63, 3.8) is 0 Å². The third-order valence-electron chi connectivity index (χ3n) is 5.72. The van der Waals surface area contributed by atoms with E-state index in [1.807, 2.05) is 35.2 Å². The quantitative estimate of drug-likeness (QED) is 0.823. The van der Waals surface area contributed by atoms with Crippen molar-refractivity contribution < 1.29 is 9.21 Å². The van der Waals surface area contributed by atoms with Gasteiger partial charge in [0.15, 0.2) is 0 Å². The molecule has 0 bridgehead atoms.